The Bertz CT molecular complexity index is 810. The Morgan fingerprint density at radius 3 is 2.46 bits per heavy atom. The molecule has 24 heavy (non-hydrogen) atoms. The SMILES string of the molecule is O=C1Nc2ccccc2/C1=C\N1CCN(c2ccccc2F)CC1. The number of halogens is 1. The fourth-order valence-electron chi connectivity index (χ4n) is 3.25. The first kappa shape index (κ1) is 14.8. The van der Waals surface area contributed by atoms with Gasteiger partial charge in [0.15, 0.2) is 0 Å². The number of rotatable bonds is 2. The van der Waals surface area contributed by atoms with E-state index in [-0.39, 0.29) is 11.7 Å². The average Bonchev–Trinajstić information content (AvgIpc) is 2.92. The van der Waals surface area contributed by atoms with Crippen molar-refractivity contribution < 1.29 is 9.18 Å². The van der Waals surface area contributed by atoms with E-state index >= 15 is 0 Å². The third-order valence-corrected chi connectivity index (χ3v) is 4.53. The number of benzene rings is 2. The molecule has 0 radical (unpaired) electrons. The smallest absolute Gasteiger partial charge is 0.257 e. The highest BCUT2D eigenvalue weighted by molar-refractivity contribution is 6.31. The number of nitrogens with one attached hydrogen (secondary N) is 1. The lowest BCUT2D eigenvalue weighted by Gasteiger charge is -2.35. The standard InChI is InChI=1S/C19H18FN3O/c20-16-6-2-4-8-18(16)23-11-9-22(10-12-23)13-15-14-5-1-3-7-17(14)21-19(15)24/h1-8,13H,9-12H2,(H,21,24)/b15-13+. The second-order valence-corrected chi connectivity index (χ2v) is 6.02. The minimum absolute atomic E-state index is 0.0623. The number of anilines is 2. The number of amides is 1. The highest BCUT2D eigenvalue weighted by Crippen LogP contribution is 2.31. The first-order valence-corrected chi connectivity index (χ1v) is 8.08. The number of hydrogen-bond acceptors (Lipinski definition) is 3. The van der Waals surface area contributed by atoms with Crippen LogP contribution in [-0.2, 0) is 4.79 Å². The van der Waals surface area contributed by atoms with Gasteiger partial charge in [0, 0.05) is 43.6 Å². The molecule has 4 rings (SSSR count). The number of piperazine rings is 1. The summed E-state index contributed by atoms with van der Waals surface area (Å²) < 4.78 is 13.9. The van der Waals surface area contributed by atoms with Crippen molar-refractivity contribution in [2.45, 2.75) is 0 Å². The third-order valence-electron chi connectivity index (χ3n) is 4.53. The molecule has 2 aromatic rings. The van der Waals surface area contributed by atoms with Crippen LogP contribution in [0.3, 0.4) is 0 Å². The quantitative estimate of drug-likeness (QED) is 0.863. The molecule has 0 aromatic heterocycles. The van der Waals surface area contributed by atoms with Gasteiger partial charge in [-0.15, -0.1) is 0 Å². The Morgan fingerprint density at radius 2 is 1.67 bits per heavy atom. The Morgan fingerprint density at radius 1 is 0.958 bits per heavy atom. The monoisotopic (exact) mass is 323 g/mol. The van der Waals surface area contributed by atoms with E-state index in [0.717, 1.165) is 37.4 Å². The molecule has 2 aromatic carbocycles. The molecule has 0 bridgehead atoms. The van der Waals surface area contributed by atoms with Crippen LogP contribution < -0.4 is 10.2 Å². The molecule has 0 aliphatic carbocycles. The molecule has 4 nitrogen and oxygen atoms in total. The second-order valence-electron chi connectivity index (χ2n) is 6.02. The van der Waals surface area contributed by atoms with Crippen LogP contribution in [0.2, 0.25) is 0 Å². The molecule has 0 saturated carbocycles. The number of carbonyl (C=O) groups is 1. The van der Waals surface area contributed by atoms with E-state index in [1.807, 2.05) is 47.5 Å². The highest BCUT2D eigenvalue weighted by Gasteiger charge is 2.25. The maximum absolute atomic E-state index is 13.9. The van der Waals surface area contributed by atoms with Gasteiger partial charge in [-0.2, -0.15) is 0 Å². The molecule has 0 spiro atoms. The van der Waals surface area contributed by atoms with Gasteiger partial charge in [0.1, 0.15) is 5.82 Å². The fraction of sp³-hybridized carbons (Fsp3) is 0.211. The molecule has 0 atom stereocenters. The molecular weight excluding hydrogens is 305 g/mol. The van der Waals surface area contributed by atoms with Gasteiger partial charge >= 0.3 is 0 Å². The summed E-state index contributed by atoms with van der Waals surface area (Å²) >= 11 is 0. The van der Waals surface area contributed by atoms with Crippen LogP contribution in [0.5, 0.6) is 0 Å². The van der Waals surface area contributed by atoms with Crippen molar-refractivity contribution >= 4 is 22.9 Å². The zero-order valence-electron chi connectivity index (χ0n) is 13.2. The van der Waals surface area contributed by atoms with Gasteiger partial charge < -0.3 is 15.1 Å². The highest BCUT2D eigenvalue weighted by atomic mass is 19.1. The predicted octanol–water partition coefficient (Wildman–Crippen LogP) is 2.94. The predicted molar refractivity (Wildman–Crippen MR) is 93.2 cm³/mol. The van der Waals surface area contributed by atoms with Crippen LogP contribution in [0, 0.1) is 5.82 Å². The van der Waals surface area contributed by atoms with Gasteiger partial charge in [0.25, 0.3) is 5.91 Å². The minimum Gasteiger partial charge on any atom is -0.373 e. The van der Waals surface area contributed by atoms with Crippen LogP contribution >= 0.6 is 0 Å². The van der Waals surface area contributed by atoms with Crippen LogP contribution in [0.4, 0.5) is 15.8 Å². The summed E-state index contributed by atoms with van der Waals surface area (Å²) in [5, 5.41) is 2.89. The third kappa shape index (κ3) is 2.62. The van der Waals surface area contributed by atoms with E-state index in [1.165, 1.54) is 6.07 Å². The molecular formula is C19H18FN3O. The first-order chi connectivity index (χ1) is 11.7. The maximum atomic E-state index is 13.9. The topological polar surface area (TPSA) is 35.6 Å². The first-order valence-electron chi connectivity index (χ1n) is 8.08. The molecule has 2 heterocycles. The largest absolute Gasteiger partial charge is 0.373 e. The maximum Gasteiger partial charge on any atom is 0.257 e. The lowest BCUT2D eigenvalue weighted by molar-refractivity contribution is -0.110. The van der Waals surface area contributed by atoms with Crippen molar-refractivity contribution in [3.63, 3.8) is 0 Å². The molecule has 2 aliphatic heterocycles. The van der Waals surface area contributed by atoms with Crippen molar-refractivity contribution in [2.75, 3.05) is 36.4 Å². The van der Waals surface area contributed by atoms with Crippen LogP contribution in [-0.4, -0.2) is 37.0 Å². The fourth-order valence-corrected chi connectivity index (χ4v) is 3.25. The lowest BCUT2D eigenvalue weighted by atomic mass is 10.1. The van der Waals surface area contributed by atoms with Crippen LogP contribution in [0.1, 0.15) is 5.56 Å². The van der Waals surface area contributed by atoms with Crippen molar-refractivity contribution in [3.8, 4) is 0 Å². The average molecular weight is 323 g/mol. The van der Waals surface area contributed by atoms with E-state index in [0.29, 0.717) is 11.3 Å². The van der Waals surface area contributed by atoms with E-state index < -0.39 is 0 Å². The number of carbonyl (C=O) groups excluding carboxylic acids is 1. The number of para-hydroxylation sites is 2. The zero-order valence-corrected chi connectivity index (χ0v) is 13.2. The number of nitrogens with zero attached hydrogens (tertiary/aromatic N) is 2. The molecule has 122 valence electrons. The van der Waals surface area contributed by atoms with E-state index in [2.05, 4.69) is 10.2 Å². The molecule has 1 amide bonds. The molecule has 0 unspecified atom stereocenters. The van der Waals surface area contributed by atoms with E-state index in [4.69, 9.17) is 0 Å². The number of fused-ring (bicyclic) bond motifs is 1. The Balaban J connectivity index is 1.49. The van der Waals surface area contributed by atoms with Gasteiger partial charge in [-0.1, -0.05) is 30.3 Å². The zero-order chi connectivity index (χ0) is 16.5. The molecule has 1 N–H and O–H groups in total. The Kier molecular flexibility index (Phi) is 3.69. The molecule has 5 heteroatoms. The molecule has 1 saturated heterocycles. The lowest BCUT2D eigenvalue weighted by Crippen LogP contribution is -2.44. The van der Waals surface area contributed by atoms with Gasteiger partial charge in [-0.3, -0.25) is 4.79 Å². The van der Waals surface area contributed by atoms with Gasteiger partial charge in [-0.25, -0.2) is 4.39 Å². The number of hydrogen-bond donors (Lipinski definition) is 1. The molecule has 1 fully saturated rings. The Labute approximate surface area is 140 Å². The van der Waals surface area contributed by atoms with E-state index in [1.54, 1.807) is 6.07 Å². The summed E-state index contributed by atoms with van der Waals surface area (Å²) in [7, 11) is 0. The van der Waals surface area contributed by atoms with Gasteiger partial charge in [0.05, 0.1) is 11.3 Å². The molecule has 2 aliphatic rings. The van der Waals surface area contributed by atoms with Crippen LogP contribution in [0.25, 0.3) is 5.57 Å². The van der Waals surface area contributed by atoms with E-state index in [9.17, 15) is 9.18 Å². The summed E-state index contributed by atoms with van der Waals surface area (Å²) in [6, 6.07) is 14.6. The summed E-state index contributed by atoms with van der Waals surface area (Å²) in [4.78, 5) is 16.4. The summed E-state index contributed by atoms with van der Waals surface area (Å²) in [5.41, 5.74) is 3.15. The van der Waals surface area contributed by atoms with Gasteiger partial charge in [-0.05, 0) is 18.2 Å². The van der Waals surface area contributed by atoms with Crippen molar-refractivity contribution in [2.24, 2.45) is 0 Å². The van der Waals surface area contributed by atoms with Crippen molar-refractivity contribution in [3.05, 3.63) is 66.1 Å². The summed E-state index contributed by atoms with van der Waals surface area (Å²) in [6.07, 6.45) is 1.93. The van der Waals surface area contributed by atoms with Crippen LogP contribution in [0.15, 0.2) is 54.7 Å². The van der Waals surface area contributed by atoms with Gasteiger partial charge in [0.2, 0.25) is 0 Å². The minimum atomic E-state index is -0.187. The normalized spacial score (nSPS) is 18.7. The van der Waals surface area contributed by atoms with Crippen molar-refractivity contribution in [1.82, 2.24) is 4.90 Å². The Hall–Kier alpha value is -2.82. The summed E-state index contributed by atoms with van der Waals surface area (Å²) in [6.45, 7) is 2.97. The second kappa shape index (κ2) is 6.00. The summed E-state index contributed by atoms with van der Waals surface area (Å²) in [5.74, 6) is -0.249. The van der Waals surface area contributed by atoms with Crippen molar-refractivity contribution in [1.29, 1.82) is 0 Å².